The molecule has 0 atom stereocenters. The van der Waals surface area contributed by atoms with Crippen LogP contribution in [0.3, 0.4) is 0 Å². The number of hydrogen-bond donors (Lipinski definition) is 0. The average molecular weight is 321 g/mol. The summed E-state index contributed by atoms with van der Waals surface area (Å²) in [4.78, 5) is 2.21. The molecule has 0 unspecified atom stereocenters. The van der Waals surface area contributed by atoms with Gasteiger partial charge in [-0.2, -0.15) is 21.6 Å². The third kappa shape index (κ3) is 3.48. The number of aromatic nitrogens is 1. The van der Waals surface area contributed by atoms with Crippen molar-refractivity contribution in [2.24, 2.45) is 0 Å². The first-order valence-corrected chi connectivity index (χ1v) is 6.82. The summed E-state index contributed by atoms with van der Waals surface area (Å²) in [6.45, 7) is 0. The van der Waals surface area contributed by atoms with Crippen LogP contribution in [0.25, 0.3) is 0 Å². The minimum absolute atomic E-state index is 0.438. The van der Waals surface area contributed by atoms with Crippen LogP contribution < -0.4 is 4.18 Å². The molecule has 0 aliphatic rings. The SMILES string of the molecule is O=S(=O)(Oc1cccc(F)c1)c1cnccc1C(F)(F)F. The molecule has 0 radical (unpaired) electrons. The lowest BCUT2D eigenvalue weighted by molar-refractivity contribution is -0.140. The van der Waals surface area contributed by atoms with Crippen molar-refractivity contribution in [3.63, 3.8) is 0 Å². The normalized spacial score (nSPS) is 12.2. The average Bonchev–Trinajstić information content (AvgIpc) is 2.37. The monoisotopic (exact) mass is 321 g/mol. The van der Waals surface area contributed by atoms with Gasteiger partial charge in [-0.1, -0.05) is 6.07 Å². The Morgan fingerprint density at radius 3 is 2.48 bits per heavy atom. The lowest BCUT2D eigenvalue weighted by atomic mass is 10.3. The van der Waals surface area contributed by atoms with Gasteiger partial charge in [0.25, 0.3) is 0 Å². The number of alkyl halides is 3. The molecule has 0 aliphatic carbocycles. The highest BCUT2D eigenvalue weighted by atomic mass is 32.2. The fourth-order valence-electron chi connectivity index (χ4n) is 1.50. The summed E-state index contributed by atoms with van der Waals surface area (Å²) in [5.41, 5.74) is -1.41. The van der Waals surface area contributed by atoms with Crippen molar-refractivity contribution in [3.05, 3.63) is 54.1 Å². The van der Waals surface area contributed by atoms with Crippen LogP contribution in [-0.2, 0) is 16.3 Å². The van der Waals surface area contributed by atoms with Crippen LogP contribution in [-0.4, -0.2) is 13.4 Å². The van der Waals surface area contributed by atoms with Crippen LogP contribution in [0.1, 0.15) is 5.56 Å². The highest BCUT2D eigenvalue weighted by Gasteiger charge is 2.38. The first-order valence-electron chi connectivity index (χ1n) is 5.41. The maximum Gasteiger partial charge on any atom is 0.417 e. The molecular formula is C12H7F4NO3S. The van der Waals surface area contributed by atoms with Gasteiger partial charge in [0.2, 0.25) is 0 Å². The molecule has 9 heteroatoms. The third-order valence-corrected chi connectivity index (χ3v) is 3.64. The molecule has 0 saturated carbocycles. The van der Waals surface area contributed by atoms with E-state index in [0.717, 1.165) is 30.5 Å². The molecule has 1 aromatic heterocycles. The Labute approximate surface area is 117 Å². The predicted molar refractivity (Wildman–Crippen MR) is 63.5 cm³/mol. The van der Waals surface area contributed by atoms with Crippen LogP contribution in [0.5, 0.6) is 5.75 Å². The van der Waals surface area contributed by atoms with Gasteiger partial charge in [0.1, 0.15) is 16.5 Å². The standard InChI is InChI=1S/C12H7F4NO3S/c13-8-2-1-3-9(6-8)20-21(18,19)11-7-17-5-4-10(11)12(14,15)16/h1-7H. The summed E-state index contributed by atoms with van der Waals surface area (Å²) < 4.78 is 79.6. The molecule has 4 nitrogen and oxygen atoms in total. The van der Waals surface area contributed by atoms with E-state index in [9.17, 15) is 26.0 Å². The summed E-state index contributed by atoms with van der Waals surface area (Å²) in [7, 11) is -4.79. The van der Waals surface area contributed by atoms with Crippen molar-refractivity contribution in [1.82, 2.24) is 4.98 Å². The summed E-state index contributed by atoms with van der Waals surface area (Å²) in [6.07, 6.45) is -3.56. The van der Waals surface area contributed by atoms with Gasteiger partial charge in [-0.3, -0.25) is 4.98 Å². The first kappa shape index (κ1) is 15.2. The Morgan fingerprint density at radius 1 is 1.14 bits per heavy atom. The van der Waals surface area contributed by atoms with E-state index in [2.05, 4.69) is 9.17 Å². The zero-order valence-electron chi connectivity index (χ0n) is 10.1. The van der Waals surface area contributed by atoms with Gasteiger partial charge < -0.3 is 4.18 Å². The topological polar surface area (TPSA) is 56.3 Å². The molecule has 2 aromatic rings. The second-order valence-corrected chi connectivity index (χ2v) is 5.38. The number of halogens is 4. The van der Waals surface area contributed by atoms with E-state index in [4.69, 9.17) is 0 Å². The van der Waals surface area contributed by atoms with E-state index in [0.29, 0.717) is 12.3 Å². The lowest BCUT2D eigenvalue weighted by Crippen LogP contribution is -2.17. The van der Waals surface area contributed by atoms with E-state index in [1.54, 1.807) is 0 Å². The molecule has 1 aromatic carbocycles. The van der Waals surface area contributed by atoms with E-state index >= 15 is 0 Å². The van der Waals surface area contributed by atoms with E-state index < -0.39 is 38.3 Å². The number of nitrogens with zero attached hydrogens (tertiary/aromatic N) is 1. The van der Waals surface area contributed by atoms with Gasteiger partial charge in [-0.05, 0) is 18.2 Å². The molecule has 0 spiro atoms. The number of hydrogen-bond acceptors (Lipinski definition) is 4. The Kier molecular flexibility index (Phi) is 3.86. The first-order chi connectivity index (χ1) is 9.70. The van der Waals surface area contributed by atoms with Crippen molar-refractivity contribution in [2.75, 3.05) is 0 Å². The Morgan fingerprint density at radius 2 is 1.86 bits per heavy atom. The van der Waals surface area contributed by atoms with E-state index in [1.807, 2.05) is 0 Å². The zero-order valence-corrected chi connectivity index (χ0v) is 11.0. The zero-order chi connectivity index (χ0) is 15.7. The molecular weight excluding hydrogens is 314 g/mol. The van der Waals surface area contributed by atoms with Gasteiger partial charge >= 0.3 is 16.3 Å². The van der Waals surface area contributed by atoms with Crippen LogP contribution in [0.2, 0.25) is 0 Å². The summed E-state index contributed by atoms with van der Waals surface area (Å²) in [5, 5.41) is 0. The highest BCUT2D eigenvalue weighted by molar-refractivity contribution is 7.87. The fourth-order valence-corrected chi connectivity index (χ4v) is 2.59. The van der Waals surface area contributed by atoms with Gasteiger partial charge in [0.15, 0.2) is 0 Å². The molecule has 0 N–H and O–H groups in total. The fraction of sp³-hybridized carbons (Fsp3) is 0.0833. The molecule has 1 heterocycles. The molecule has 0 bridgehead atoms. The van der Waals surface area contributed by atoms with Crippen molar-refractivity contribution < 1.29 is 30.2 Å². The van der Waals surface area contributed by atoms with E-state index in [-0.39, 0.29) is 0 Å². The quantitative estimate of drug-likeness (QED) is 0.644. The van der Waals surface area contributed by atoms with Gasteiger partial charge in [-0.25, -0.2) is 4.39 Å². The minimum atomic E-state index is -4.89. The van der Waals surface area contributed by atoms with Crippen LogP contribution in [0.15, 0.2) is 47.6 Å². The van der Waals surface area contributed by atoms with E-state index in [1.165, 1.54) is 0 Å². The highest BCUT2D eigenvalue weighted by Crippen LogP contribution is 2.34. The molecule has 0 aliphatic heterocycles. The molecule has 2 rings (SSSR count). The van der Waals surface area contributed by atoms with Crippen LogP contribution >= 0.6 is 0 Å². The van der Waals surface area contributed by atoms with Crippen molar-refractivity contribution >= 4 is 10.1 Å². The minimum Gasteiger partial charge on any atom is -0.379 e. The maximum atomic E-state index is 12.9. The number of rotatable bonds is 3. The number of benzene rings is 1. The smallest absolute Gasteiger partial charge is 0.379 e. The predicted octanol–water partition coefficient (Wildman–Crippen LogP) is 3.01. The Balaban J connectivity index is 2.46. The lowest BCUT2D eigenvalue weighted by Gasteiger charge is -2.12. The summed E-state index contributed by atoms with van der Waals surface area (Å²) >= 11 is 0. The van der Waals surface area contributed by atoms with Crippen molar-refractivity contribution in [1.29, 1.82) is 0 Å². The molecule has 0 amide bonds. The van der Waals surface area contributed by atoms with Gasteiger partial charge in [0, 0.05) is 18.5 Å². The van der Waals surface area contributed by atoms with Gasteiger partial charge in [-0.15, -0.1) is 0 Å². The molecule has 0 fully saturated rings. The third-order valence-electron chi connectivity index (χ3n) is 2.36. The van der Waals surface area contributed by atoms with Crippen molar-refractivity contribution in [2.45, 2.75) is 11.1 Å². The summed E-state index contributed by atoms with van der Waals surface area (Å²) in [6, 6.07) is 4.55. The van der Waals surface area contributed by atoms with Gasteiger partial charge in [0.05, 0.1) is 5.56 Å². The molecule has 112 valence electrons. The number of pyridine rings is 1. The second-order valence-electron chi connectivity index (χ2n) is 3.86. The molecule has 21 heavy (non-hydrogen) atoms. The second kappa shape index (κ2) is 5.32. The van der Waals surface area contributed by atoms with Crippen LogP contribution in [0, 0.1) is 5.82 Å². The molecule has 0 saturated heterocycles. The van der Waals surface area contributed by atoms with Crippen LogP contribution in [0.4, 0.5) is 17.6 Å². The maximum absolute atomic E-state index is 12.9. The van der Waals surface area contributed by atoms with Crippen molar-refractivity contribution in [3.8, 4) is 5.75 Å². The summed E-state index contributed by atoms with van der Waals surface area (Å²) in [5.74, 6) is -1.23. The Bertz CT molecular complexity index is 759. The largest absolute Gasteiger partial charge is 0.417 e. The Hall–Kier alpha value is -2.16.